The SMILES string of the molecule is c1ccc2c(-c3cc4ccccc4c4ccc5c(c34)CCCC5)cccc2c1. The molecule has 0 radical (unpaired) electrons. The highest BCUT2D eigenvalue weighted by Gasteiger charge is 2.18. The van der Waals surface area contributed by atoms with Crippen molar-refractivity contribution in [2.45, 2.75) is 25.7 Å². The van der Waals surface area contributed by atoms with Gasteiger partial charge in [-0.3, -0.25) is 0 Å². The molecule has 0 bridgehead atoms. The van der Waals surface area contributed by atoms with Crippen molar-refractivity contribution < 1.29 is 0 Å². The molecule has 28 heavy (non-hydrogen) atoms. The van der Waals surface area contributed by atoms with Gasteiger partial charge in [0.15, 0.2) is 0 Å². The fourth-order valence-electron chi connectivity index (χ4n) is 5.13. The van der Waals surface area contributed by atoms with Crippen molar-refractivity contribution in [2.24, 2.45) is 0 Å². The second-order valence-electron chi connectivity index (χ2n) is 8.00. The zero-order valence-electron chi connectivity index (χ0n) is 15.9. The highest BCUT2D eigenvalue weighted by atomic mass is 14.2. The standard InChI is InChI=1S/C28H22/c1-4-12-22-19(8-1)11-7-15-25(22)27-18-21-10-3-5-13-23(21)26-17-16-20-9-2-6-14-24(20)28(26)27/h1,3-5,7-8,10-13,15-18H,2,6,9,14H2. The molecule has 0 spiro atoms. The van der Waals surface area contributed by atoms with Crippen LogP contribution in [0.5, 0.6) is 0 Å². The normalized spacial score (nSPS) is 13.9. The maximum absolute atomic E-state index is 2.42. The lowest BCUT2D eigenvalue weighted by Gasteiger charge is -2.22. The molecule has 0 saturated heterocycles. The van der Waals surface area contributed by atoms with Crippen LogP contribution in [0, 0.1) is 0 Å². The number of hydrogen-bond acceptors (Lipinski definition) is 0. The molecular formula is C28H22. The van der Waals surface area contributed by atoms with Gasteiger partial charge in [0.1, 0.15) is 0 Å². The monoisotopic (exact) mass is 358 g/mol. The van der Waals surface area contributed by atoms with Gasteiger partial charge >= 0.3 is 0 Å². The Balaban J connectivity index is 1.82. The minimum atomic E-state index is 1.20. The van der Waals surface area contributed by atoms with Gasteiger partial charge in [-0.15, -0.1) is 0 Å². The Labute approximate surface area is 165 Å². The van der Waals surface area contributed by atoms with Crippen LogP contribution in [0.4, 0.5) is 0 Å². The van der Waals surface area contributed by atoms with E-state index in [1.165, 1.54) is 69.1 Å². The largest absolute Gasteiger partial charge is 0.0616 e. The minimum Gasteiger partial charge on any atom is -0.0616 e. The van der Waals surface area contributed by atoms with Crippen LogP contribution in [0.1, 0.15) is 24.0 Å². The van der Waals surface area contributed by atoms with E-state index in [1.807, 2.05) is 0 Å². The molecule has 134 valence electrons. The molecular weight excluding hydrogens is 336 g/mol. The highest BCUT2D eigenvalue weighted by Crippen LogP contribution is 2.42. The Hall–Kier alpha value is -3.12. The first-order valence-electron chi connectivity index (χ1n) is 10.3. The summed E-state index contributed by atoms with van der Waals surface area (Å²) in [5, 5.41) is 8.23. The first-order valence-corrected chi connectivity index (χ1v) is 10.3. The van der Waals surface area contributed by atoms with E-state index in [1.54, 1.807) is 11.1 Å². The molecule has 0 aromatic heterocycles. The van der Waals surface area contributed by atoms with E-state index in [-0.39, 0.29) is 0 Å². The van der Waals surface area contributed by atoms with Gasteiger partial charge in [0, 0.05) is 0 Å². The van der Waals surface area contributed by atoms with Crippen LogP contribution >= 0.6 is 0 Å². The minimum absolute atomic E-state index is 1.20. The van der Waals surface area contributed by atoms with Gasteiger partial charge in [0.25, 0.3) is 0 Å². The summed E-state index contributed by atoms with van der Waals surface area (Å²) in [6, 6.07) is 31.5. The van der Waals surface area contributed by atoms with Gasteiger partial charge in [-0.1, -0.05) is 78.9 Å². The maximum atomic E-state index is 2.42. The van der Waals surface area contributed by atoms with Crippen molar-refractivity contribution in [1.82, 2.24) is 0 Å². The molecule has 0 aliphatic heterocycles. The first-order chi connectivity index (χ1) is 13.9. The van der Waals surface area contributed by atoms with Crippen LogP contribution in [-0.4, -0.2) is 0 Å². The van der Waals surface area contributed by atoms with E-state index >= 15 is 0 Å². The average molecular weight is 358 g/mol. The summed E-state index contributed by atoms with van der Waals surface area (Å²) in [5.41, 5.74) is 5.88. The Morgan fingerprint density at radius 3 is 2.18 bits per heavy atom. The number of benzene rings is 5. The van der Waals surface area contributed by atoms with Crippen LogP contribution in [0.3, 0.4) is 0 Å². The summed E-state index contributed by atoms with van der Waals surface area (Å²) >= 11 is 0. The molecule has 0 heterocycles. The Bertz CT molecular complexity index is 1350. The molecule has 0 fully saturated rings. The fourth-order valence-corrected chi connectivity index (χ4v) is 5.13. The number of aryl methyl sites for hydroxylation is 2. The van der Waals surface area contributed by atoms with E-state index in [2.05, 4.69) is 84.9 Å². The molecule has 0 heteroatoms. The van der Waals surface area contributed by atoms with Gasteiger partial charge in [-0.2, -0.15) is 0 Å². The number of hydrogen-bond donors (Lipinski definition) is 0. The molecule has 5 aromatic carbocycles. The van der Waals surface area contributed by atoms with Crippen molar-refractivity contribution in [3.63, 3.8) is 0 Å². The quantitative estimate of drug-likeness (QED) is 0.269. The molecule has 0 atom stereocenters. The van der Waals surface area contributed by atoms with Crippen LogP contribution in [0.15, 0.2) is 84.9 Å². The predicted octanol–water partition coefficient (Wildman–Crippen LogP) is 7.69. The molecule has 0 nitrogen and oxygen atoms in total. The lowest BCUT2D eigenvalue weighted by molar-refractivity contribution is 0.690. The summed E-state index contributed by atoms with van der Waals surface area (Å²) in [6.07, 6.45) is 5.03. The fraction of sp³-hybridized carbons (Fsp3) is 0.143. The third-order valence-corrected chi connectivity index (χ3v) is 6.43. The van der Waals surface area contributed by atoms with Crippen molar-refractivity contribution >= 4 is 32.3 Å². The van der Waals surface area contributed by atoms with Gasteiger partial charge in [0.05, 0.1) is 0 Å². The Morgan fingerprint density at radius 2 is 1.25 bits per heavy atom. The third-order valence-electron chi connectivity index (χ3n) is 6.43. The molecule has 0 unspecified atom stereocenters. The summed E-state index contributed by atoms with van der Waals surface area (Å²) in [4.78, 5) is 0. The average Bonchev–Trinajstić information content (AvgIpc) is 2.78. The van der Waals surface area contributed by atoms with E-state index in [0.717, 1.165) is 0 Å². The predicted molar refractivity (Wildman–Crippen MR) is 121 cm³/mol. The lowest BCUT2D eigenvalue weighted by Crippen LogP contribution is -2.04. The van der Waals surface area contributed by atoms with Gasteiger partial charge < -0.3 is 0 Å². The summed E-state index contributed by atoms with van der Waals surface area (Å²) in [5.74, 6) is 0. The number of fused-ring (bicyclic) bond motifs is 6. The van der Waals surface area contributed by atoms with Crippen LogP contribution in [0.25, 0.3) is 43.4 Å². The molecule has 6 rings (SSSR count). The molecule has 1 aliphatic rings. The van der Waals surface area contributed by atoms with E-state index in [9.17, 15) is 0 Å². The maximum Gasteiger partial charge on any atom is -0.00639 e. The van der Waals surface area contributed by atoms with Crippen molar-refractivity contribution in [2.75, 3.05) is 0 Å². The number of rotatable bonds is 1. The third kappa shape index (κ3) is 2.31. The zero-order chi connectivity index (χ0) is 18.5. The Kier molecular flexibility index (Phi) is 3.52. The van der Waals surface area contributed by atoms with Gasteiger partial charge in [-0.05, 0) is 86.3 Å². The zero-order valence-corrected chi connectivity index (χ0v) is 15.9. The smallest absolute Gasteiger partial charge is 0.00639 e. The summed E-state index contributed by atoms with van der Waals surface area (Å²) < 4.78 is 0. The Morgan fingerprint density at radius 1 is 0.500 bits per heavy atom. The van der Waals surface area contributed by atoms with Crippen molar-refractivity contribution in [3.05, 3.63) is 96.1 Å². The molecule has 0 saturated carbocycles. The summed E-state index contributed by atoms with van der Waals surface area (Å²) in [7, 11) is 0. The van der Waals surface area contributed by atoms with Crippen molar-refractivity contribution in [1.29, 1.82) is 0 Å². The van der Waals surface area contributed by atoms with Crippen LogP contribution in [-0.2, 0) is 12.8 Å². The van der Waals surface area contributed by atoms with E-state index < -0.39 is 0 Å². The van der Waals surface area contributed by atoms with E-state index in [4.69, 9.17) is 0 Å². The second kappa shape index (κ2) is 6.21. The molecule has 0 N–H and O–H groups in total. The second-order valence-corrected chi connectivity index (χ2v) is 8.00. The first kappa shape index (κ1) is 15.9. The van der Waals surface area contributed by atoms with Crippen LogP contribution in [0.2, 0.25) is 0 Å². The van der Waals surface area contributed by atoms with Gasteiger partial charge in [0.2, 0.25) is 0 Å². The molecule has 5 aromatic rings. The molecule has 1 aliphatic carbocycles. The highest BCUT2D eigenvalue weighted by molar-refractivity contribution is 6.17. The van der Waals surface area contributed by atoms with Gasteiger partial charge in [-0.25, -0.2) is 0 Å². The lowest BCUT2D eigenvalue weighted by atomic mass is 9.82. The van der Waals surface area contributed by atoms with E-state index in [0.29, 0.717) is 0 Å². The molecule has 0 amide bonds. The van der Waals surface area contributed by atoms with Crippen LogP contribution < -0.4 is 0 Å². The summed E-state index contributed by atoms with van der Waals surface area (Å²) in [6.45, 7) is 0. The topological polar surface area (TPSA) is 0 Å². The van der Waals surface area contributed by atoms with Crippen molar-refractivity contribution in [3.8, 4) is 11.1 Å².